The van der Waals surface area contributed by atoms with Crippen molar-refractivity contribution in [2.45, 2.75) is 112 Å². The first-order chi connectivity index (χ1) is 15.4. The topological polar surface area (TPSA) is 46.5 Å². The number of carbonyl (C=O) groups is 1. The van der Waals surface area contributed by atoms with Crippen molar-refractivity contribution in [2.75, 3.05) is 0 Å². The predicted octanol–water partition coefficient (Wildman–Crippen LogP) is 7.10. The molecule has 0 aromatic carbocycles. The first-order valence-electron chi connectivity index (χ1n) is 13.7. The van der Waals surface area contributed by atoms with Gasteiger partial charge in [-0.05, 0) is 85.9 Å². The summed E-state index contributed by atoms with van der Waals surface area (Å²) in [6.45, 7) is 15.8. The number of allylic oxidation sites excluding steroid dienone is 3. The van der Waals surface area contributed by atoms with Crippen LogP contribution in [0, 0.1) is 46.3 Å². The van der Waals surface area contributed by atoms with Gasteiger partial charge in [0.15, 0.2) is 0 Å². The highest BCUT2D eigenvalue weighted by Gasteiger charge is 2.62. The maximum absolute atomic E-state index is 11.8. The molecule has 4 rings (SSSR count). The van der Waals surface area contributed by atoms with Crippen molar-refractivity contribution < 1.29 is 14.6 Å². The van der Waals surface area contributed by atoms with Gasteiger partial charge in [-0.1, -0.05) is 65.3 Å². The summed E-state index contributed by atoms with van der Waals surface area (Å²) in [5.41, 5.74) is 1.17. The molecule has 1 N–H and O–H groups in total. The molecule has 33 heavy (non-hydrogen) atoms. The van der Waals surface area contributed by atoms with E-state index >= 15 is 0 Å². The Morgan fingerprint density at radius 1 is 1.06 bits per heavy atom. The zero-order valence-corrected chi connectivity index (χ0v) is 22.2. The molecule has 0 saturated heterocycles. The first-order valence-corrected chi connectivity index (χ1v) is 13.7. The van der Waals surface area contributed by atoms with Gasteiger partial charge in [0, 0.05) is 18.8 Å². The summed E-state index contributed by atoms with van der Waals surface area (Å²) in [6, 6.07) is 0. The Morgan fingerprint density at radius 2 is 1.79 bits per heavy atom. The third kappa shape index (κ3) is 4.15. The van der Waals surface area contributed by atoms with Crippen molar-refractivity contribution in [2.24, 2.45) is 46.3 Å². The molecule has 3 heteroatoms. The normalized spacial score (nSPS) is 44.6. The van der Waals surface area contributed by atoms with E-state index in [-0.39, 0.29) is 17.5 Å². The van der Waals surface area contributed by atoms with E-state index in [2.05, 4.69) is 59.8 Å². The lowest BCUT2D eigenvalue weighted by atomic mass is 9.46. The van der Waals surface area contributed by atoms with Gasteiger partial charge >= 0.3 is 5.97 Å². The Kier molecular flexibility index (Phi) is 6.71. The Hall–Kier alpha value is -1.09. The molecule has 9 atom stereocenters. The fraction of sp³-hybridized carbons (Fsp3) is 0.833. The molecule has 0 spiro atoms. The van der Waals surface area contributed by atoms with Crippen molar-refractivity contribution in [1.82, 2.24) is 0 Å². The van der Waals surface area contributed by atoms with Gasteiger partial charge < -0.3 is 9.84 Å². The van der Waals surface area contributed by atoms with Gasteiger partial charge in [-0.3, -0.25) is 4.79 Å². The van der Waals surface area contributed by atoms with E-state index in [1.807, 2.05) is 0 Å². The van der Waals surface area contributed by atoms with Crippen LogP contribution in [0.3, 0.4) is 0 Å². The Balaban J connectivity index is 1.55. The number of rotatable bonds is 5. The van der Waals surface area contributed by atoms with E-state index in [0.29, 0.717) is 47.8 Å². The summed E-state index contributed by atoms with van der Waals surface area (Å²) in [6.07, 6.45) is 15.5. The van der Waals surface area contributed by atoms with Crippen LogP contribution in [-0.4, -0.2) is 22.8 Å². The second-order valence-electron chi connectivity index (χ2n) is 13.0. The van der Waals surface area contributed by atoms with Crippen LogP contribution in [0.4, 0.5) is 0 Å². The molecule has 0 aromatic rings. The second kappa shape index (κ2) is 8.85. The highest BCUT2D eigenvalue weighted by molar-refractivity contribution is 5.66. The second-order valence-corrected chi connectivity index (χ2v) is 13.0. The Morgan fingerprint density at radius 3 is 2.45 bits per heavy atom. The predicted molar refractivity (Wildman–Crippen MR) is 135 cm³/mol. The number of carbonyl (C=O) groups excluding carboxylic acids is 1. The van der Waals surface area contributed by atoms with Crippen LogP contribution >= 0.6 is 0 Å². The fourth-order valence-corrected chi connectivity index (χ4v) is 8.42. The largest absolute Gasteiger partial charge is 0.462 e. The Bertz CT molecular complexity index is 811. The number of hydrogen-bond acceptors (Lipinski definition) is 3. The van der Waals surface area contributed by atoms with Crippen LogP contribution < -0.4 is 0 Å². The smallest absolute Gasteiger partial charge is 0.302 e. The van der Waals surface area contributed by atoms with Gasteiger partial charge in [0.05, 0.1) is 5.60 Å². The molecule has 0 heterocycles. The molecule has 4 aliphatic carbocycles. The lowest BCUT2D eigenvalue weighted by molar-refractivity contribution is -0.183. The Labute approximate surface area is 202 Å². The molecule has 4 aliphatic rings. The number of aliphatic hydroxyl groups is 1. The maximum Gasteiger partial charge on any atom is 0.302 e. The summed E-state index contributed by atoms with van der Waals surface area (Å²) in [4.78, 5) is 11.5. The van der Waals surface area contributed by atoms with Gasteiger partial charge in [-0.2, -0.15) is 0 Å². The van der Waals surface area contributed by atoms with Crippen LogP contribution in [0.25, 0.3) is 0 Å². The van der Waals surface area contributed by atoms with Crippen molar-refractivity contribution in [3.63, 3.8) is 0 Å². The lowest BCUT2D eigenvalue weighted by Crippen LogP contribution is -2.60. The van der Waals surface area contributed by atoms with Crippen LogP contribution in [0.15, 0.2) is 23.8 Å². The van der Waals surface area contributed by atoms with Crippen LogP contribution in [0.1, 0.15) is 99.8 Å². The van der Waals surface area contributed by atoms with Crippen LogP contribution in [-0.2, 0) is 9.53 Å². The zero-order valence-electron chi connectivity index (χ0n) is 22.2. The molecule has 0 aromatic heterocycles. The van der Waals surface area contributed by atoms with Crippen molar-refractivity contribution in [3.05, 3.63) is 23.8 Å². The average Bonchev–Trinajstić information content (AvgIpc) is 3.09. The van der Waals surface area contributed by atoms with Crippen molar-refractivity contribution in [3.8, 4) is 0 Å². The number of esters is 1. The standard InChI is InChI=1S/C30H48O3/c1-19(2)20(3)8-9-21(4)25-10-11-26-24-13-17-30(32)18-23(33-22(5)31)12-16-29(30,7)27(24)14-15-28(25,26)6/h8-9,13,19-21,23,25-27,32H,10-12,14-18H2,1-7H3/b9-8+/t20-,21+,23+,25-,26-,27+,28-,29+,30+/m0/s1. The van der Waals surface area contributed by atoms with Crippen LogP contribution in [0.5, 0.6) is 0 Å². The monoisotopic (exact) mass is 456 g/mol. The molecule has 0 bridgehead atoms. The third-order valence-electron chi connectivity index (χ3n) is 11.0. The van der Waals surface area contributed by atoms with E-state index in [1.165, 1.54) is 32.6 Å². The number of fused-ring (bicyclic) bond motifs is 5. The van der Waals surface area contributed by atoms with E-state index in [9.17, 15) is 9.90 Å². The molecule has 0 radical (unpaired) electrons. The van der Waals surface area contributed by atoms with Crippen molar-refractivity contribution >= 4 is 5.97 Å². The molecule has 186 valence electrons. The summed E-state index contributed by atoms with van der Waals surface area (Å²) >= 11 is 0. The molecule has 3 fully saturated rings. The summed E-state index contributed by atoms with van der Waals surface area (Å²) in [7, 11) is 0. The van der Waals surface area contributed by atoms with Gasteiger partial charge in [0.25, 0.3) is 0 Å². The maximum atomic E-state index is 11.8. The van der Waals surface area contributed by atoms with E-state index < -0.39 is 5.60 Å². The highest BCUT2D eigenvalue weighted by atomic mass is 16.5. The molecule has 0 amide bonds. The molecule has 0 aliphatic heterocycles. The fourth-order valence-electron chi connectivity index (χ4n) is 8.42. The lowest BCUT2D eigenvalue weighted by Gasteiger charge is -2.61. The first kappa shape index (κ1) is 25.0. The van der Waals surface area contributed by atoms with E-state index in [0.717, 1.165) is 18.8 Å². The quantitative estimate of drug-likeness (QED) is 0.354. The van der Waals surface area contributed by atoms with E-state index in [4.69, 9.17) is 4.74 Å². The third-order valence-corrected chi connectivity index (χ3v) is 11.0. The molecule has 3 nitrogen and oxygen atoms in total. The minimum Gasteiger partial charge on any atom is -0.462 e. The number of hydrogen-bond donors (Lipinski definition) is 1. The molecule has 0 unspecified atom stereocenters. The SMILES string of the molecule is CC(=O)O[C@@H]1CC[C@]2(C)[C@@H]3CC[C@]4(C)[C@@H](CC[C@H]4[C@H](C)/C=C/[C@H](C)C(C)C)C3=CC[C@@]2(O)C1. The average molecular weight is 457 g/mol. The number of ether oxygens (including phenoxy) is 1. The minimum absolute atomic E-state index is 0.106. The summed E-state index contributed by atoms with van der Waals surface area (Å²) < 4.78 is 5.54. The molecule has 3 saturated carbocycles. The zero-order chi connectivity index (χ0) is 24.2. The molecular formula is C30H48O3. The van der Waals surface area contributed by atoms with Gasteiger partial charge in [-0.25, -0.2) is 0 Å². The summed E-state index contributed by atoms with van der Waals surface area (Å²) in [5.74, 6) is 3.59. The molecular weight excluding hydrogens is 408 g/mol. The van der Waals surface area contributed by atoms with E-state index in [1.54, 1.807) is 5.57 Å². The van der Waals surface area contributed by atoms with Crippen molar-refractivity contribution in [1.29, 1.82) is 0 Å². The van der Waals surface area contributed by atoms with Gasteiger partial charge in [-0.15, -0.1) is 0 Å². The minimum atomic E-state index is -0.756. The van der Waals surface area contributed by atoms with Gasteiger partial charge in [0.2, 0.25) is 0 Å². The highest BCUT2D eigenvalue weighted by Crippen LogP contribution is 2.67. The van der Waals surface area contributed by atoms with Gasteiger partial charge in [0.1, 0.15) is 6.10 Å². The summed E-state index contributed by atoms with van der Waals surface area (Å²) in [5, 5.41) is 11.8. The van der Waals surface area contributed by atoms with Crippen LogP contribution in [0.2, 0.25) is 0 Å².